The number of primary amides is 1. The quantitative estimate of drug-likeness (QED) is 0.897. The number of nitrogens with zero attached hydrogens (tertiary/aromatic N) is 1. The molecule has 1 heterocycles. The summed E-state index contributed by atoms with van der Waals surface area (Å²) in [5.41, 5.74) is 5.61. The summed E-state index contributed by atoms with van der Waals surface area (Å²) in [6.07, 6.45) is 2.90. The third-order valence-electron chi connectivity index (χ3n) is 4.65. The maximum absolute atomic E-state index is 12.7. The molecule has 0 bridgehead atoms. The number of halogens is 1. The van der Waals surface area contributed by atoms with Gasteiger partial charge in [-0.15, -0.1) is 0 Å². The molecule has 0 aromatic heterocycles. The van der Waals surface area contributed by atoms with Gasteiger partial charge in [-0.25, -0.2) is 0 Å². The first-order valence-electron chi connectivity index (χ1n) is 7.86. The molecule has 1 aromatic rings. The van der Waals surface area contributed by atoms with Crippen LogP contribution in [0.5, 0.6) is 5.75 Å². The molecule has 1 aromatic carbocycles. The van der Waals surface area contributed by atoms with E-state index in [4.69, 9.17) is 22.1 Å². The maximum Gasteiger partial charge on any atom is 0.257 e. The molecule has 2 N–H and O–H groups in total. The normalized spacial score (nSPS) is 16.9. The van der Waals surface area contributed by atoms with Crippen molar-refractivity contribution in [3.05, 3.63) is 28.8 Å². The van der Waals surface area contributed by atoms with Gasteiger partial charge in [-0.2, -0.15) is 0 Å². The summed E-state index contributed by atoms with van der Waals surface area (Å²) < 4.78 is 5.25. The Morgan fingerprint density at radius 1 is 1.35 bits per heavy atom. The molecule has 126 valence electrons. The van der Waals surface area contributed by atoms with Gasteiger partial charge in [-0.1, -0.05) is 24.9 Å². The van der Waals surface area contributed by atoms with Crippen LogP contribution in [0.25, 0.3) is 0 Å². The van der Waals surface area contributed by atoms with Gasteiger partial charge in [0.15, 0.2) is 0 Å². The maximum atomic E-state index is 12.7. The van der Waals surface area contributed by atoms with E-state index in [0.717, 1.165) is 12.8 Å². The number of amides is 2. The van der Waals surface area contributed by atoms with E-state index in [-0.39, 0.29) is 11.8 Å². The van der Waals surface area contributed by atoms with Crippen LogP contribution in [0.15, 0.2) is 18.2 Å². The number of carbonyl (C=O) groups is 2. The molecule has 23 heavy (non-hydrogen) atoms. The van der Waals surface area contributed by atoms with Crippen molar-refractivity contribution in [3.8, 4) is 5.75 Å². The van der Waals surface area contributed by atoms with E-state index in [1.807, 2.05) is 6.92 Å². The van der Waals surface area contributed by atoms with Gasteiger partial charge in [0.2, 0.25) is 5.91 Å². The largest absolute Gasteiger partial charge is 0.496 e. The first-order valence-corrected chi connectivity index (χ1v) is 8.24. The van der Waals surface area contributed by atoms with Crippen LogP contribution >= 0.6 is 11.6 Å². The number of carbonyl (C=O) groups excluding carboxylic acids is 2. The highest BCUT2D eigenvalue weighted by atomic mass is 35.5. The van der Waals surface area contributed by atoms with Gasteiger partial charge in [0.1, 0.15) is 5.75 Å². The minimum absolute atomic E-state index is 0.104. The molecule has 2 rings (SSSR count). The van der Waals surface area contributed by atoms with Crippen molar-refractivity contribution in [2.75, 3.05) is 20.2 Å². The second-order valence-corrected chi connectivity index (χ2v) is 6.47. The lowest BCUT2D eigenvalue weighted by Crippen LogP contribution is -2.48. The number of nitrogens with two attached hydrogens (primary N) is 1. The highest BCUT2D eigenvalue weighted by molar-refractivity contribution is 6.30. The lowest BCUT2D eigenvalue weighted by molar-refractivity contribution is -0.130. The first kappa shape index (κ1) is 17.6. The van der Waals surface area contributed by atoms with Gasteiger partial charge in [-0.3, -0.25) is 9.59 Å². The molecule has 1 saturated heterocycles. The Morgan fingerprint density at radius 2 is 2.00 bits per heavy atom. The SMILES string of the molecule is CCCC1(C(N)=O)CCN(C(=O)c2ccc(Cl)cc2OC)CC1. The summed E-state index contributed by atoms with van der Waals surface area (Å²) in [6.45, 7) is 3.09. The first-order chi connectivity index (χ1) is 10.9. The summed E-state index contributed by atoms with van der Waals surface area (Å²) in [5.74, 6) is 0.103. The number of ether oxygens (including phenoxy) is 1. The number of likely N-dealkylation sites (tertiary alicyclic amines) is 1. The van der Waals surface area contributed by atoms with Crippen LogP contribution in [-0.4, -0.2) is 36.9 Å². The molecule has 1 aliphatic heterocycles. The van der Waals surface area contributed by atoms with Gasteiger partial charge in [0, 0.05) is 18.1 Å². The molecule has 0 unspecified atom stereocenters. The summed E-state index contributed by atoms with van der Waals surface area (Å²) in [4.78, 5) is 26.3. The Bertz CT molecular complexity index is 596. The molecule has 1 fully saturated rings. The standard InChI is InChI=1S/C17H23ClN2O3/c1-3-6-17(16(19)22)7-9-20(10-8-17)15(21)13-5-4-12(18)11-14(13)23-2/h4-5,11H,3,6-10H2,1-2H3,(H2,19,22). The van der Waals surface area contributed by atoms with Crippen LogP contribution in [0.4, 0.5) is 0 Å². The van der Waals surface area contributed by atoms with Crippen molar-refractivity contribution in [3.63, 3.8) is 0 Å². The number of piperidine rings is 1. The number of methoxy groups -OCH3 is 1. The summed E-state index contributed by atoms with van der Waals surface area (Å²) in [5, 5.41) is 0.521. The minimum atomic E-state index is -0.477. The zero-order chi connectivity index (χ0) is 17.0. The topological polar surface area (TPSA) is 72.6 Å². The average molecular weight is 339 g/mol. The second kappa shape index (κ2) is 7.21. The third-order valence-corrected chi connectivity index (χ3v) is 4.89. The highest BCUT2D eigenvalue weighted by Crippen LogP contribution is 2.36. The van der Waals surface area contributed by atoms with Gasteiger partial charge in [-0.05, 0) is 37.5 Å². The number of rotatable bonds is 5. The van der Waals surface area contributed by atoms with Crippen molar-refractivity contribution in [2.45, 2.75) is 32.6 Å². The molecule has 6 heteroatoms. The van der Waals surface area contributed by atoms with E-state index >= 15 is 0 Å². The molecular formula is C17H23ClN2O3. The molecule has 2 amide bonds. The molecule has 0 spiro atoms. The monoisotopic (exact) mass is 338 g/mol. The third kappa shape index (κ3) is 3.61. The van der Waals surface area contributed by atoms with Crippen LogP contribution in [-0.2, 0) is 4.79 Å². The Balaban J connectivity index is 2.14. The lowest BCUT2D eigenvalue weighted by atomic mass is 9.74. The highest BCUT2D eigenvalue weighted by Gasteiger charge is 2.40. The Labute approximate surface area is 141 Å². The van der Waals surface area contributed by atoms with E-state index in [1.54, 1.807) is 23.1 Å². The van der Waals surface area contributed by atoms with E-state index < -0.39 is 5.41 Å². The summed E-state index contributed by atoms with van der Waals surface area (Å²) in [7, 11) is 1.51. The zero-order valence-electron chi connectivity index (χ0n) is 13.6. The Hall–Kier alpha value is -1.75. The fraction of sp³-hybridized carbons (Fsp3) is 0.529. The van der Waals surface area contributed by atoms with Crippen LogP contribution in [0.1, 0.15) is 43.0 Å². The minimum Gasteiger partial charge on any atom is -0.496 e. The predicted molar refractivity (Wildman–Crippen MR) is 89.7 cm³/mol. The van der Waals surface area contributed by atoms with Crippen LogP contribution < -0.4 is 10.5 Å². The van der Waals surface area contributed by atoms with Gasteiger partial charge in [0.25, 0.3) is 5.91 Å². The van der Waals surface area contributed by atoms with E-state index in [0.29, 0.717) is 42.3 Å². The Morgan fingerprint density at radius 3 is 2.52 bits per heavy atom. The van der Waals surface area contributed by atoms with Crippen LogP contribution in [0.3, 0.4) is 0 Å². The van der Waals surface area contributed by atoms with Crippen molar-refractivity contribution >= 4 is 23.4 Å². The van der Waals surface area contributed by atoms with Gasteiger partial charge in [0.05, 0.1) is 18.1 Å². The van der Waals surface area contributed by atoms with Crippen molar-refractivity contribution in [2.24, 2.45) is 11.1 Å². The molecule has 5 nitrogen and oxygen atoms in total. The number of hydrogen-bond acceptors (Lipinski definition) is 3. The lowest BCUT2D eigenvalue weighted by Gasteiger charge is -2.39. The molecule has 1 aliphatic rings. The van der Waals surface area contributed by atoms with E-state index in [9.17, 15) is 9.59 Å². The van der Waals surface area contributed by atoms with Gasteiger partial charge >= 0.3 is 0 Å². The molecule has 0 saturated carbocycles. The second-order valence-electron chi connectivity index (χ2n) is 6.03. The molecular weight excluding hydrogens is 316 g/mol. The fourth-order valence-corrected chi connectivity index (χ4v) is 3.41. The molecule has 0 aliphatic carbocycles. The number of hydrogen-bond donors (Lipinski definition) is 1. The predicted octanol–water partition coefficient (Wildman–Crippen LogP) is 2.86. The van der Waals surface area contributed by atoms with Gasteiger partial charge < -0.3 is 15.4 Å². The van der Waals surface area contributed by atoms with Crippen LogP contribution in [0, 0.1) is 5.41 Å². The van der Waals surface area contributed by atoms with Crippen molar-refractivity contribution in [1.29, 1.82) is 0 Å². The van der Waals surface area contributed by atoms with E-state index in [2.05, 4.69) is 0 Å². The van der Waals surface area contributed by atoms with Crippen molar-refractivity contribution in [1.82, 2.24) is 4.90 Å². The summed E-state index contributed by atoms with van der Waals surface area (Å²) >= 11 is 5.94. The summed E-state index contributed by atoms with van der Waals surface area (Å²) in [6, 6.07) is 4.97. The fourth-order valence-electron chi connectivity index (χ4n) is 3.25. The number of benzene rings is 1. The van der Waals surface area contributed by atoms with E-state index in [1.165, 1.54) is 7.11 Å². The zero-order valence-corrected chi connectivity index (χ0v) is 14.4. The Kier molecular flexibility index (Phi) is 5.52. The van der Waals surface area contributed by atoms with Crippen LogP contribution in [0.2, 0.25) is 5.02 Å². The molecule has 0 atom stereocenters. The van der Waals surface area contributed by atoms with Crippen molar-refractivity contribution < 1.29 is 14.3 Å². The average Bonchev–Trinajstić information content (AvgIpc) is 2.55. The smallest absolute Gasteiger partial charge is 0.257 e. The molecule has 0 radical (unpaired) electrons.